The van der Waals surface area contributed by atoms with Crippen LogP contribution in [0.15, 0.2) is 22.7 Å². The second-order valence-electron chi connectivity index (χ2n) is 6.75. The van der Waals surface area contributed by atoms with Crippen molar-refractivity contribution in [2.45, 2.75) is 39.2 Å². The maximum Gasteiger partial charge on any atom is 0.313 e. The Labute approximate surface area is 136 Å². The quantitative estimate of drug-likeness (QED) is 0.809. The number of nitrogens with one attached hydrogen (secondary N) is 1. The lowest BCUT2D eigenvalue weighted by Crippen LogP contribution is -2.50. The van der Waals surface area contributed by atoms with Crippen LogP contribution in [0.4, 0.5) is 10.1 Å². The van der Waals surface area contributed by atoms with Crippen LogP contribution in [0.25, 0.3) is 0 Å². The molecule has 2 fully saturated rings. The third-order valence-electron chi connectivity index (χ3n) is 5.63. The molecule has 1 saturated heterocycles. The Hall–Kier alpha value is -1.43. The van der Waals surface area contributed by atoms with Gasteiger partial charge >= 0.3 is 5.97 Å². The van der Waals surface area contributed by atoms with E-state index in [0.29, 0.717) is 23.0 Å². The zero-order valence-corrected chi connectivity index (χ0v) is 14.2. The molecule has 3 rings (SSSR count). The molecule has 1 amide bonds. The summed E-state index contributed by atoms with van der Waals surface area (Å²) in [4.78, 5) is 25.0. The van der Waals surface area contributed by atoms with Crippen molar-refractivity contribution >= 4 is 33.5 Å². The standard InChI is InChI=1S/C16H17BrFNO3/c1-14(2)15(3)6-7-16(14,22-13(15)21)12(20)19-11-5-4-9(18)8-10(11)17/h4-5,8H,6-7H2,1-3H3,(H,19,20)/t15-,16-/m0/s1. The van der Waals surface area contributed by atoms with E-state index < -0.39 is 22.2 Å². The van der Waals surface area contributed by atoms with Crippen molar-refractivity contribution in [2.75, 3.05) is 5.32 Å². The van der Waals surface area contributed by atoms with Gasteiger partial charge in [0.1, 0.15) is 5.82 Å². The molecular formula is C16H17BrFNO3. The highest BCUT2D eigenvalue weighted by atomic mass is 79.9. The van der Waals surface area contributed by atoms with Gasteiger partial charge in [0, 0.05) is 9.89 Å². The molecule has 1 aromatic rings. The van der Waals surface area contributed by atoms with Gasteiger partial charge in [-0.3, -0.25) is 9.59 Å². The monoisotopic (exact) mass is 369 g/mol. The fourth-order valence-electron chi connectivity index (χ4n) is 3.56. The molecule has 1 aliphatic carbocycles. The fraction of sp³-hybridized carbons (Fsp3) is 0.500. The normalized spacial score (nSPS) is 32.0. The molecule has 1 aliphatic heterocycles. The maximum atomic E-state index is 13.1. The van der Waals surface area contributed by atoms with E-state index >= 15 is 0 Å². The number of rotatable bonds is 2. The Morgan fingerprint density at radius 2 is 2.00 bits per heavy atom. The lowest BCUT2D eigenvalue weighted by atomic mass is 9.66. The second kappa shape index (κ2) is 4.54. The number of fused-ring (bicyclic) bond motifs is 2. The van der Waals surface area contributed by atoms with E-state index in [2.05, 4.69) is 21.2 Å². The number of hydrogen-bond acceptors (Lipinski definition) is 3. The van der Waals surface area contributed by atoms with E-state index in [1.807, 2.05) is 20.8 Å². The number of carbonyl (C=O) groups excluding carboxylic acids is 2. The van der Waals surface area contributed by atoms with E-state index in [-0.39, 0.29) is 11.9 Å². The molecule has 0 spiro atoms. The number of hydrogen-bond donors (Lipinski definition) is 1. The van der Waals surface area contributed by atoms with Gasteiger partial charge in [-0.25, -0.2) is 4.39 Å². The molecule has 6 heteroatoms. The Kier molecular flexibility index (Phi) is 3.19. The lowest BCUT2D eigenvalue weighted by Gasteiger charge is -2.35. The Morgan fingerprint density at radius 1 is 1.32 bits per heavy atom. The van der Waals surface area contributed by atoms with Crippen LogP contribution in [0.5, 0.6) is 0 Å². The fourth-order valence-corrected chi connectivity index (χ4v) is 4.01. The summed E-state index contributed by atoms with van der Waals surface area (Å²) in [6.07, 6.45) is 1.11. The highest BCUT2D eigenvalue weighted by molar-refractivity contribution is 9.10. The van der Waals surface area contributed by atoms with Crippen molar-refractivity contribution in [1.29, 1.82) is 0 Å². The van der Waals surface area contributed by atoms with Gasteiger partial charge in [0.2, 0.25) is 0 Å². The molecule has 1 heterocycles. The zero-order chi connectivity index (χ0) is 16.3. The first kappa shape index (κ1) is 15.5. The SMILES string of the molecule is CC1(C)[C@@]2(C)CC[C@@]1(C(=O)Nc1ccc(F)cc1Br)OC2=O. The van der Waals surface area contributed by atoms with Crippen LogP contribution < -0.4 is 5.32 Å². The Bertz CT molecular complexity index is 690. The Morgan fingerprint density at radius 3 is 2.50 bits per heavy atom. The maximum absolute atomic E-state index is 13.1. The van der Waals surface area contributed by atoms with Gasteiger partial charge in [-0.15, -0.1) is 0 Å². The number of amides is 1. The number of esters is 1. The summed E-state index contributed by atoms with van der Waals surface area (Å²) in [6, 6.07) is 4.02. The molecule has 22 heavy (non-hydrogen) atoms. The van der Waals surface area contributed by atoms with Gasteiger partial charge in [-0.2, -0.15) is 0 Å². The first-order valence-electron chi connectivity index (χ1n) is 7.14. The third-order valence-corrected chi connectivity index (χ3v) is 6.29. The minimum atomic E-state index is -1.17. The second-order valence-corrected chi connectivity index (χ2v) is 7.61. The summed E-state index contributed by atoms with van der Waals surface area (Å²) in [5, 5.41) is 2.76. The van der Waals surface area contributed by atoms with Crippen molar-refractivity contribution in [2.24, 2.45) is 10.8 Å². The van der Waals surface area contributed by atoms with Crippen molar-refractivity contribution in [3.05, 3.63) is 28.5 Å². The lowest BCUT2D eigenvalue weighted by molar-refractivity contribution is -0.165. The average molecular weight is 370 g/mol. The van der Waals surface area contributed by atoms with Crippen molar-refractivity contribution in [3.8, 4) is 0 Å². The largest absolute Gasteiger partial charge is 0.448 e. The molecule has 0 radical (unpaired) electrons. The molecule has 2 bridgehead atoms. The van der Waals surface area contributed by atoms with Crippen LogP contribution in [0, 0.1) is 16.6 Å². The highest BCUT2D eigenvalue weighted by Gasteiger charge is 2.75. The van der Waals surface area contributed by atoms with Crippen LogP contribution >= 0.6 is 15.9 Å². The summed E-state index contributed by atoms with van der Waals surface area (Å²) in [5.74, 6) is -1.08. The molecule has 1 saturated carbocycles. The first-order valence-corrected chi connectivity index (χ1v) is 7.93. The van der Waals surface area contributed by atoms with Gasteiger partial charge in [0.05, 0.1) is 11.1 Å². The van der Waals surface area contributed by atoms with Gasteiger partial charge in [-0.1, -0.05) is 13.8 Å². The number of anilines is 1. The molecular weight excluding hydrogens is 353 g/mol. The van der Waals surface area contributed by atoms with Gasteiger partial charge in [-0.05, 0) is 53.9 Å². The molecule has 0 aromatic heterocycles. The van der Waals surface area contributed by atoms with Crippen LogP contribution in [-0.2, 0) is 14.3 Å². The predicted octanol–water partition coefficient (Wildman–Crippen LogP) is 3.65. The summed E-state index contributed by atoms with van der Waals surface area (Å²) in [5.41, 5.74) is -1.97. The van der Waals surface area contributed by atoms with Crippen molar-refractivity contribution in [1.82, 2.24) is 0 Å². The van der Waals surface area contributed by atoms with E-state index in [9.17, 15) is 14.0 Å². The van der Waals surface area contributed by atoms with E-state index in [1.165, 1.54) is 18.2 Å². The Balaban J connectivity index is 1.94. The minimum absolute atomic E-state index is 0.322. The van der Waals surface area contributed by atoms with Crippen molar-refractivity contribution < 1.29 is 18.7 Å². The van der Waals surface area contributed by atoms with E-state index in [1.54, 1.807) is 0 Å². The summed E-state index contributed by atoms with van der Waals surface area (Å²) < 4.78 is 19.1. The summed E-state index contributed by atoms with van der Waals surface area (Å²) in [7, 11) is 0. The number of ether oxygens (including phenoxy) is 1. The van der Waals surface area contributed by atoms with Crippen LogP contribution in [-0.4, -0.2) is 17.5 Å². The number of halogens is 2. The van der Waals surface area contributed by atoms with Crippen LogP contribution in [0.2, 0.25) is 0 Å². The van der Waals surface area contributed by atoms with Gasteiger partial charge < -0.3 is 10.1 Å². The minimum Gasteiger partial charge on any atom is -0.448 e. The number of carbonyl (C=O) groups is 2. The highest BCUT2D eigenvalue weighted by Crippen LogP contribution is 2.65. The first-order chi connectivity index (χ1) is 10.1. The topological polar surface area (TPSA) is 55.4 Å². The number of benzene rings is 1. The molecule has 0 unspecified atom stereocenters. The molecule has 2 atom stereocenters. The molecule has 4 nitrogen and oxygen atoms in total. The summed E-state index contributed by atoms with van der Waals surface area (Å²) in [6.45, 7) is 5.64. The van der Waals surface area contributed by atoms with E-state index in [0.717, 1.165) is 0 Å². The smallest absolute Gasteiger partial charge is 0.313 e. The molecule has 1 aromatic carbocycles. The third kappa shape index (κ3) is 1.73. The summed E-state index contributed by atoms with van der Waals surface area (Å²) >= 11 is 3.22. The van der Waals surface area contributed by atoms with Gasteiger partial charge in [0.15, 0.2) is 5.60 Å². The van der Waals surface area contributed by atoms with Crippen LogP contribution in [0.1, 0.15) is 33.6 Å². The molecule has 118 valence electrons. The van der Waals surface area contributed by atoms with Crippen LogP contribution in [0.3, 0.4) is 0 Å². The zero-order valence-electron chi connectivity index (χ0n) is 12.6. The average Bonchev–Trinajstić information content (AvgIpc) is 2.72. The van der Waals surface area contributed by atoms with Gasteiger partial charge in [0.25, 0.3) is 5.91 Å². The molecule has 2 aliphatic rings. The van der Waals surface area contributed by atoms with Crippen molar-refractivity contribution in [3.63, 3.8) is 0 Å². The molecule has 1 N–H and O–H groups in total. The van der Waals surface area contributed by atoms with E-state index in [4.69, 9.17) is 4.74 Å². The predicted molar refractivity (Wildman–Crippen MR) is 82.7 cm³/mol.